The van der Waals surface area contributed by atoms with Crippen molar-refractivity contribution in [3.05, 3.63) is 23.8 Å². The second-order valence-corrected chi connectivity index (χ2v) is 6.09. The zero-order valence-electron chi connectivity index (χ0n) is 14.8. The smallest absolute Gasteiger partial charge is 0.433 e. The van der Waals surface area contributed by atoms with Crippen LogP contribution in [0.25, 0.3) is 0 Å². The summed E-state index contributed by atoms with van der Waals surface area (Å²) in [7, 11) is 7.65. The summed E-state index contributed by atoms with van der Waals surface area (Å²) < 4.78 is 19.7. The molecule has 1 fully saturated rings. The Morgan fingerprint density at radius 1 is 1.04 bits per heavy atom. The zero-order chi connectivity index (χ0) is 17.8. The first-order valence-corrected chi connectivity index (χ1v) is 7.86. The number of hydrogen-bond donors (Lipinski definition) is 3. The van der Waals surface area contributed by atoms with Gasteiger partial charge in [0.05, 0.1) is 14.1 Å². The van der Waals surface area contributed by atoms with Crippen LogP contribution in [0.4, 0.5) is 0 Å². The van der Waals surface area contributed by atoms with Crippen molar-refractivity contribution < 1.29 is 9.47 Å². The maximum Gasteiger partial charge on any atom is 0.433 e. The zero-order valence-corrected chi connectivity index (χ0v) is 14.8. The molecule has 3 rings (SSSR count). The number of rotatable bonds is 3. The summed E-state index contributed by atoms with van der Waals surface area (Å²) in [5.74, 6) is 2.77. The highest BCUT2D eigenvalue weighted by molar-refractivity contribution is 6.04. The summed E-state index contributed by atoms with van der Waals surface area (Å²) in [4.78, 5) is 3.72. The Balaban J connectivity index is 1.93. The van der Waals surface area contributed by atoms with Crippen LogP contribution >= 0.6 is 0 Å². The molecule has 1 saturated heterocycles. The molecule has 0 radical (unpaired) electrons. The van der Waals surface area contributed by atoms with Gasteiger partial charge in [0.15, 0.2) is 17.5 Å². The van der Waals surface area contributed by atoms with E-state index >= 15 is 0 Å². The lowest BCUT2D eigenvalue weighted by Gasteiger charge is -2.20. The number of guanidine groups is 1. The molecular formula is C16H23N7O2+2. The Labute approximate surface area is 146 Å². The average Bonchev–Trinajstić information content (AvgIpc) is 3.05. The van der Waals surface area contributed by atoms with Gasteiger partial charge in [-0.1, -0.05) is 6.07 Å². The highest BCUT2D eigenvalue weighted by atomic mass is 16.7. The molecule has 0 bridgehead atoms. The Morgan fingerprint density at radius 3 is 2.52 bits per heavy atom. The molecule has 1 aromatic rings. The van der Waals surface area contributed by atoms with Crippen molar-refractivity contribution in [3.63, 3.8) is 0 Å². The topological polar surface area (TPSA) is 89.2 Å². The minimum absolute atomic E-state index is 0.191. The highest BCUT2D eigenvalue weighted by Gasteiger charge is 2.33. The number of amidine groups is 1. The van der Waals surface area contributed by atoms with Crippen LogP contribution in [-0.2, 0) is 0 Å². The first-order valence-electron chi connectivity index (χ1n) is 7.86. The predicted molar refractivity (Wildman–Crippen MR) is 98.5 cm³/mol. The van der Waals surface area contributed by atoms with Crippen molar-refractivity contribution in [2.75, 3.05) is 35.0 Å². The molecule has 3 N–H and O–H groups in total. The summed E-state index contributed by atoms with van der Waals surface area (Å²) in [6.45, 7) is 0.250. The third-order valence-corrected chi connectivity index (χ3v) is 3.43. The number of ether oxygens (including phenoxy) is 2. The molecule has 0 amide bonds. The van der Waals surface area contributed by atoms with E-state index in [4.69, 9.17) is 9.47 Å². The number of fused-ring (bicyclic) bond motifs is 1. The summed E-state index contributed by atoms with van der Waals surface area (Å²) in [6, 6.07) is 5.64. The molecule has 2 aliphatic rings. The lowest BCUT2D eigenvalue weighted by Crippen LogP contribution is -2.60. The molecule has 1 atom stereocenters. The third kappa shape index (κ3) is 4.05. The summed E-state index contributed by atoms with van der Waals surface area (Å²) in [6.07, 6.45) is 3.44. The quantitative estimate of drug-likeness (QED) is 0.339. The minimum Gasteiger partial charge on any atom is -0.454 e. The van der Waals surface area contributed by atoms with Gasteiger partial charge in [-0.2, -0.15) is 10.7 Å². The molecule has 0 aromatic heterocycles. The molecule has 9 heteroatoms. The maximum absolute atomic E-state index is 5.47. The van der Waals surface area contributed by atoms with Gasteiger partial charge in [0, 0.05) is 14.1 Å². The van der Waals surface area contributed by atoms with Crippen LogP contribution in [0.3, 0.4) is 0 Å². The van der Waals surface area contributed by atoms with Crippen LogP contribution < -0.4 is 35.0 Å². The first kappa shape index (κ1) is 16.7. The fraction of sp³-hybridized carbons (Fsp3) is 0.375. The molecule has 1 aromatic carbocycles. The second kappa shape index (κ2) is 7.19. The highest BCUT2D eigenvalue weighted by Crippen LogP contribution is 2.34. The summed E-state index contributed by atoms with van der Waals surface area (Å²) in [5, 5.41) is 3.22. The van der Waals surface area contributed by atoms with Crippen LogP contribution in [0, 0.1) is 0 Å². The van der Waals surface area contributed by atoms with Crippen molar-refractivity contribution in [1.29, 1.82) is 0 Å². The molecular weight excluding hydrogens is 322 g/mol. The second-order valence-electron chi connectivity index (χ2n) is 6.09. The molecule has 2 aliphatic heterocycles. The largest absolute Gasteiger partial charge is 0.454 e. The van der Waals surface area contributed by atoms with Crippen LogP contribution in [0.15, 0.2) is 18.2 Å². The molecule has 1 unspecified atom stereocenters. The van der Waals surface area contributed by atoms with Crippen LogP contribution in [-0.4, -0.2) is 69.3 Å². The molecule has 2 heterocycles. The van der Waals surface area contributed by atoms with Gasteiger partial charge in [-0.25, -0.2) is 14.8 Å². The van der Waals surface area contributed by atoms with E-state index in [9.17, 15) is 0 Å². The first-order chi connectivity index (χ1) is 12.0. The number of nitrogens with zero attached hydrogens (tertiary/aromatic N) is 4. The van der Waals surface area contributed by atoms with Crippen LogP contribution in [0.5, 0.6) is 11.5 Å². The standard InChI is InChI=1S/C16H21N7O2/c1-22(2)8-17-15-14(20-21-16(19-15)18-9-23(3)4)11-5-6-12-13(7-11)25-10-24-12/h5-9,14,20H,10H2,1-4H3/p+2. The van der Waals surface area contributed by atoms with E-state index in [0.29, 0.717) is 5.96 Å². The van der Waals surface area contributed by atoms with E-state index < -0.39 is 0 Å². The molecule has 0 saturated carbocycles. The number of nitrogens with one attached hydrogen (secondary N) is 3. The van der Waals surface area contributed by atoms with E-state index in [2.05, 4.69) is 25.5 Å². The SMILES string of the molecule is CN(C)C=[N+]=C1NNC(c2ccc3c(c2)OCO3)C(=[N+]=CN(C)C)N1. The van der Waals surface area contributed by atoms with Crippen molar-refractivity contribution in [1.82, 2.24) is 35.3 Å². The van der Waals surface area contributed by atoms with Crippen molar-refractivity contribution in [3.8, 4) is 11.5 Å². The molecule has 25 heavy (non-hydrogen) atoms. The van der Waals surface area contributed by atoms with E-state index in [1.165, 1.54) is 0 Å². The van der Waals surface area contributed by atoms with Gasteiger partial charge >= 0.3 is 11.8 Å². The molecule has 0 spiro atoms. The van der Waals surface area contributed by atoms with Gasteiger partial charge in [-0.3, -0.25) is 4.90 Å². The number of benzene rings is 1. The Kier molecular flexibility index (Phi) is 4.81. The Bertz CT molecular complexity index is 775. The van der Waals surface area contributed by atoms with Gasteiger partial charge in [-0.15, -0.1) is 0 Å². The van der Waals surface area contributed by atoms with Crippen molar-refractivity contribution in [2.24, 2.45) is 0 Å². The van der Waals surface area contributed by atoms with Gasteiger partial charge in [0.1, 0.15) is 0 Å². The van der Waals surface area contributed by atoms with E-state index in [1.54, 1.807) is 12.7 Å². The van der Waals surface area contributed by atoms with Gasteiger partial charge in [-0.05, 0) is 17.7 Å². The van der Waals surface area contributed by atoms with E-state index in [0.717, 1.165) is 22.9 Å². The van der Waals surface area contributed by atoms with E-state index in [1.807, 2.05) is 56.2 Å². The minimum atomic E-state index is -0.191. The average molecular weight is 345 g/mol. The number of hydrogen-bond acceptors (Lipinski definition) is 3. The summed E-state index contributed by atoms with van der Waals surface area (Å²) in [5.41, 5.74) is 7.28. The van der Waals surface area contributed by atoms with Gasteiger partial charge in [0.2, 0.25) is 13.1 Å². The molecule has 132 valence electrons. The van der Waals surface area contributed by atoms with Gasteiger partial charge in [0.25, 0.3) is 6.34 Å². The van der Waals surface area contributed by atoms with Crippen LogP contribution in [0.2, 0.25) is 0 Å². The Morgan fingerprint density at radius 2 is 1.76 bits per heavy atom. The van der Waals surface area contributed by atoms with Crippen LogP contribution in [0.1, 0.15) is 11.6 Å². The maximum atomic E-state index is 5.47. The monoisotopic (exact) mass is 345 g/mol. The molecule has 0 aliphatic carbocycles. The molecule has 9 nitrogen and oxygen atoms in total. The fourth-order valence-electron chi connectivity index (χ4n) is 2.29. The lowest BCUT2D eigenvalue weighted by molar-refractivity contribution is 0.174. The fourth-order valence-corrected chi connectivity index (χ4v) is 2.29. The van der Waals surface area contributed by atoms with E-state index in [-0.39, 0.29) is 12.8 Å². The Hall–Kier alpha value is -3.12. The lowest BCUT2D eigenvalue weighted by atomic mass is 10.1. The van der Waals surface area contributed by atoms with Crippen molar-refractivity contribution in [2.45, 2.75) is 6.04 Å². The summed E-state index contributed by atoms with van der Waals surface area (Å²) >= 11 is 0. The van der Waals surface area contributed by atoms with Crippen molar-refractivity contribution >= 4 is 24.5 Å². The third-order valence-electron chi connectivity index (χ3n) is 3.43. The normalized spacial score (nSPS) is 17.7. The predicted octanol–water partition coefficient (Wildman–Crippen LogP) is -1.78. The number of hydrazine groups is 1. The van der Waals surface area contributed by atoms with Gasteiger partial charge < -0.3 is 14.4 Å².